The number of hydrogen-bond acceptors (Lipinski definition) is 6. The number of carbonyl (C=O) groups excluding carboxylic acids is 2. The van der Waals surface area contributed by atoms with Gasteiger partial charge in [-0.25, -0.2) is 4.79 Å². The van der Waals surface area contributed by atoms with Gasteiger partial charge in [-0.2, -0.15) is 0 Å². The topological polar surface area (TPSA) is 90.3 Å². The minimum absolute atomic E-state index is 0.128. The molecule has 2 amide bonds. The van der Waals surface area contributed by atoms with Crippen molar-refractivity contribution >= 4 is 22.8 Å². The Morgan fingerprint density at radius 1 is 1.03 bits per heavy atom. The van der Waals surface area contributed by atoms with Gasteiger partial charge in [-0.15, -0.1) is 0 Å². The monoisotopic (exact) mass is 417 g/mol. The second-order valence-corrected chi connectivity index (χ2v) is 6.88. The van der Waals surface area contributed by atoms with Gasteiger partial charge in [0.15, 0.2) is 6.61 Å². The molecule has 2 aromatic rings. The van der Waals surface area contributed by atoms with Crippen LogP contribution in [0.15, 0.2) is 35.3 Å². The number of pyridine rings is 1. The lowest BCUT2D eigenvalue weighted by atomic mass is 10.1. The second kappa shape index (κ2) is 10.1. The Labute approximate surface area is 174 Å². The highest BCUT2D eigenvalue weighted by molar-refractivity contribution is 5.88. The Bertz CT molecular complexity index is 949. The molecule has 1 aromatic carbocycles. The molecule has 1 aliphatic heterocycles. The third-order valence-corrected chi connectivity index (χ3v) is 5.02. The number of fused-ring (bicyclic) bond motifs is 1. The molecule has 1 aromatic heterocycles. The van der Waals surface area contributed by atoms with E-state index in [2.05, 4.69) is 0 Å². The molecule has 2 heterocycles. The predicted molar refractivity (Wildman–Crippen MR) is 111 cm³/mol. The fraction of sp³-hybridized carbons (Fsp3) is 0.476. The zero-order valence-electron chi connectivity index (χ0n) is 17.3. The van der Waals surface area contributed by atoms with Crippen LogP contribution >= 0.6 is 0 Å². The van der Waals surface area contributed by atoms with E-state index in [1.165, 1.54) is 0 Å². The number of piperazine rings is 1. The van der Waals surface area contributed by atoms with E-state index in [0.29, 0.717) is 62.5 Å². The summed E-state index contributed by atoms with van der Waals surface area (Å²) >= 11 is 0. The summed E-state index contributed by atoms with van der Waals surface area (Å²) in [5.41, 5.74) is -0.128. The molecular formula is C21H27N3O6. The van der Waals surface area contributed by atoms with E-state index in [1.807, 2.05) is 6.07 Å². The largest absolute Gasteiger partial charge is 0.483 e. The Morgan fingerprint density at radius 2 is 1.77 bits per heavy atom. The Balaban J connectivity index is 1.62. The van der Waals surface area contributed by atoms with E-state index in [0.717, 1.165) is 0 Å². The first kappa shape index (κ1) is 21.6. The van der Waals surface area contributed by atoms with Crippen LogP contribution in [0.1, 0.15) is 6.92 Å². The average Bonchev–Trinajstić information content (AvgIpc) is 2.77. The number of aromatic nitrogens is 1. The number of ether oxygens (including phenoxy) is 3. The molecule has 1 saturated heterocycles. The number of nitrogens with zero attached hydrogens (tertiary/aromatic N) is 3. The molecule has 9 heteroatoms. The van der Waals surface area contributed by atoms with Gasteiger partial charge in [0, 0.05) is 51.4 Å². The van der Waals surface area contributed by atoms with Crippen molar-refractivity contribution in [3.63, 3.8) is 0 Å². The number of carbonyl (C=O) groups is 2. The average molecular weight is 417 g/mol. The minimum atomic E-state index is -0.354. The van der Waals surface area contributed by atoms with Crippen LogP contribution in [0.5, 0.6) is 5.75 Å². The normalized spacial score (nSPS) is 14.1. The molecule has 0 unspecified atom stereocenters. The quantitative estimate of drug-likeness (QED) is 0.675. The van der Waals surface area contributed by atoms with Gasteiger partial charge in [-0.05, 0) is 25.1 Å². The Kier molecular flexibility index (Phi) is 7.29. The lowest BCUT2D eigenvalue weighted by Crippen LogP contribution is -2.51. The standard InChI is InChI=1S/C21H27N3O6/c1-3-29-21(27)24-11-9-22(10-12-24)19(25)15-30-18-6-4-5-17-16(18)7-8-23(20(17)26)13-14-28-2/h4-8H,3,9-15H2,1-2H3. The molecule has 0 aliphatic carbocycles. The fourth-order valence-corrected chi connectivity index (χ4v) is 3.36. The van der Waals surface area contributed by atoms with Crippen LogP contribution in [-0.2, 0) is 20.8 Å². The lowest BCUT2D eigenvalue weighted by Gasteiger charge is -2.34. The predicted octanol–water partition coefficient (Wildman–Crippen LogP) is 1.33. The van der Waals surface area contributed by atoms with Crippen molar-refractivity contribution in [2.45, 2.75) is 13.5 Å². The summed E-state index contributed by atoms with van der Waals surface area (Å²) in [6, 6.07) is 7.03. The lowest BCUT2D eigenvalue weighted by molar-refractivity contribution is -0.134. The van der Waals surface area contributed by atoms with Crippen molar-refractivity contribution in [2.24, 2.45) is 0 Å². The summed E-state index contributed by atoms with van der Waals surface area (Å²) in [5.74, 6) is 0.325. The summed E-state index contributed by atoms with van der Waals surface area (Å²) in [5, 5.41) is 1.19. The number of rotatable bonds is 7. The molecular weight excluding hydrogens is 390 g/mol. The summed E-state index contributed by atoms with van der Waals surface area (Å²) in [4.78, 5) is 40.2. The van der Waals surface area contributed by atoms with E-state index < -0.39 is 0 Å². The van der Waals surface area contributed by atoms with Gasteiger partial charge >= 0.3 is 6.09 Å². The SMILES string of the molecule is CCOC(=O)N1CCN(C(=O)COc2cccc3c(=O)n(CCOC)ccc23)CC1. The Hall–Kier alpha value is -3.07. The molecule has 3 rings (SSSR count). The first-order valence-corrected chi connectivity index (χ1v) is 9.98. The molecule has 162 valence electrons. The van der Waals surface area contributed by atoms with Crippen LogP contribution in [-0.4, -0.2) is 79.5 Å². The smallest absolute Gasteiger partial charge is 0.409 e. The van der Waals surface area contributed by atoms with Crippen molar-refractivity contribution in [3.8, 4) is 5.75 Å². The molecule has 1 fully saturated rings. The van der Waals surface area contributed by atoms with Gasteiger partial charge in [-0.3, -0.25) is 9.59 Å². The minimum Gasteiger partial charge on any atom is -0.483 e. The molecule has 1 aliphatic rings. The molecule has 0 atom stereocenters. The molecule has 0 bridgehead atoms. The van der Waals surface area contributed by atoms with Crippen LogP contribution in [0.3, 0.4) is 0 Å². The molecule has 0 saturated carbocycles. The van der Waals surface area contributed by atoms with E-state index in [1.54, 1.807) is 52.8 Å². The van der Waals surface area contributed by atoms with Gasteiger partial charge in [0.05, 0.1) is 18.6 Å². The molecule has 30 heavy (non-hydrogen) atoms. The maximum atomic E-state index is 12.6. The zero-order chi connectivity index (χ0) is 21.5. The molecule has 9 nitrogen and oxygen atoms in total. The Morgan fingerprint density at radius 3 is 2.47 bits per heavy atom. The van der Waals surface area contributed by atoms with Crippen molar-refractivity contribution in [3.05, 3.63) is 40.8 Å². The van der Waals surface area contributed by atoms with Gasteiger partial charge in [0.2, 0.25) is 0 Å². The van der Waals surface area contributed by atoms with Gasteiger partial charge < -0.3 is 28.6 Å². The summed E-state index contributed by atoms with van der Waals surface area (Å²) in [6.07, 6.45) is 1.35. The number of methoxy groups -OCH3 is 1. The van der Waals surface area contributed by atoms with Crippen LogP contribution in [0, 0.1) is 0 Å². The van der Waals surface area contributed by atoms with Gasteiger partial charge in [0.25, 0.3) is 11.5 Å². The fourth-order valence-electron chi connectivity index (χ4n) is 3.36. The number of hydrogen-bond donors (Lipinski definition) is 0. The van der Waals surface area contributed by atoms with Crippen molar-refractivity contribution in [1.82, 2.24) is 14.4 Å². The maximum absolute atomic E-state index is 12.6. The number of amides is 2. The zero-order valence-corrected chi connectivity index (χ0v) is 17.3. The third-order valence-electron chi connectivity index (χ3n) is 5.02. The first-order valence-electron chi connectivity index (χ1n) is 9.98. The van der Waals surface area contributed by atoms with Crippen molar-refractivity contribution in [2.75, 3.05) is 53.1 Å². The number of benzene rings is 1. The molecule has 0 radical (unpaired) electrons. The van der Waals surface area contributed by atoms with Crippen molar-refractivity contribution in [1.29, 1.82) is 0 Å². The third kappa shape index (κ3) is 4.91. The van der Waals surface area contributed by atoms with E-state index >= 15 is 0 Å². The highest BCUT2D eigenvalue weighted by Crippen LogP contribution is 2.23. The van der Waals surface area contributed by atoms with Crippen LogP contribution in [0.25, 0.3) is 10.8 Å². The summed E-state index contributed by atoms with van der Waals surface area (Å²) in [6.45, 7) is 4.59. The maximum Gasteiger partial charge on any atom is 0.409 e. The first-order chi connectivity index (χ1) is 14.5. The van der Waals surface area contributed by atoms with Crippen LogP contribution in [0.2, 0.25) is 0 Å². The summed E-state index contributed by atoms with van der Waals surface area (Å²) in [7, 11) is 1.59. The van der Waals surface area contributed by atoms with Crippen LogP contribution in [0.4, 0.5) is 4.79 Å². The molecule has 0 spiro atoms. The van der Waals surface area contributed by atoms with E-state index in [-0.39, 0.29) is 24.2 Å². The van der Waals surface area contributed by atoms with Crippen molar-refractivity contribution < 1.29 is 23.8 Å². The summed E-state index contributed by atoms with van der Waals surface area (Å²) < 4.78 is 17.4. The highest BCUT2D eigenvalue weighted by atomic mass is 16.6. The highest BCUT2D eigenvalue weighted by Gasteiger charge is 2.25. The van der Waals surface area contributed by atoms with Gasteiger partial charge in [-0.1, -0.05) is 6.07 Å². The van der Waals surface area contributed by atoms with E-state index in [9.17, 15) is 14.4 Å². The second-order valence-electron chi connectivity index (χ2n) is 6.88. The van der Waals surface area contributed by atoms with Crippen LogP contribution < -0.4 is 10.3 Å². The van der Waals surface area contributed by atoms with E-state index in [4.69, 9.17) is 14.2 Å². The van der Waals surface area contributed by atoms with Gasteiger partial charge in [0.1, 0.15) is 5.75 Å². The molecule has 0 N–H and O–H groups in total.